The van der Waals surface area contributed by atoms with Crippen molar-refractivity contribution in [2.45, 2.75) is 284 Å². The van der Waals surface area contributed by atoms with Gasteiger partial charge in [0.15, 0.2) is 12.2 Å². The molecule has 0 bridgehead atoms. The highest BCUT2D eigenvalue weighted by Gasteiger charge is 2.38. The summed E-state index contributed by atoms with van der Waals surface area (Å²) < 4.78 is 22.2. The molecule has 1 amide bonds. The third-order valence-electron chi connectivity index (χ3n) is 11.4. The van der Waals surface area contributed by atoms with Gasteiger partial charge in [0.05, 0.1) is 0 Å². The third-order valence-corrected chi connectivity index (χ3v) is 11.4. The van der Waals surface area contributed by atoms with Crippen molar-refractivity contribution >= 4 is 29.8 Å². The van der Waals surface area contributed by atoms with Gasteiger partial charge in [0, 0.05) is 27.7 Å². The fraction of sp³-hybridized carbons (Fsp3) is 0.900. The predicted molar refractivity (Wildman–Crippen MR) is 244 cm³/mol. The lowest BCUT2D eigenvalue weighted by Crippen LogP contribution is -2.56. The summed E-state index contributed by atoms with van der Waals surface area (Å²) in [6.07, 6.45) is 37.1. The molecule has 0 spiro atoms. The Kier molecular flexibility index (Phi) is 39.8. The predicted octanol–water partition coefficient (Wildman–Crippen LogP) is 13.1. The van der Waals surface area contributed by atoms with E-state index < -0.39 is 54.1 Å². The maximum Gasteiger partial charge on any atom is 0.303 e. The topological polar surface area (TPSA) is 134 Å². The van der Waals surface area contributed by atoms with Crippen molar-refractivity contribution in [2.75, 3.05) is 6.61 Å². The Morgan fingerprint density at radius 1 is 0.383 bits per heavy atom. The molecule has 10 nitrogen and oxygen atoms in total. The molecule has 0 unspecified atom stereocenters. The molecule has 0 heterocycles. The molecule has 0 saturated carbocycles. The van der Waals surface area contributed by atoms with Gasteiger partial charge in [-0.15, -0.1) is 0 Å². The third kappa shape index (κ3) is 37.1. The van der Waals surface area contributed by atoms with Gasteiger partial charge in [-0.1, -0.05) is 206 Å². The van der Waals surface area contributed by atoms with E-state index in [-0.39, 0.29) is 6.61 Å². The van der Waals surface area contributed by atoms with Gasteiger partial charge >= 0.3 is 23.9 Å². The van der Waals surface area contributed by atoms with Crippen LogP contribution < -0.4 is 5.32 Å². The molecule has 4 atom stereocenters. The summed E-state index contributed by atoms with van der Waals surface area (Å²) in [5, 5.41) is 2.83. The van der Waals surface area contributed by atoms with E-state index in [2.05, 4.69) is 19.2 Å². The Morgan fingerprint density at radius 2 is 0.700 bits per heavy atom. The lowest BCUT2D eigenvalue weighted by atomic mass is 9.98. The second kappa shape index (κ2) is 41.7. The highest BCUT2D eigenvalue weighted by molar-refractivity contribution is 5.83. The normalized spacial score (nSPS) is 13.2. The fourth-order valence-corrected chi connectivity index (χ4v) is 8.03. The van der Waals surface area contributed by atoms with E-state index in [4.69, 9.17) is 18.9 Å². The molecule has 0 saturated heterocycles. The molecule has 60 heavy (non-hydrogen) atoms. The highest BCUT2D eigenvalue weighted by atomic mass is 16.6. The lowest BCUT2D eigenvalue weighted by Gasteiger charge is -2.33. The first-order valence-electron chi connectivity index (χ1n) is 25.0. The molecule has 0 aliphatic carbocycles. The van der Waals surface area contributed by atoms with E-state index in [0.29, 0.717) is 19.3 Å². The van der Waals surface area contributed by atoms with Gasteiger partial charge in [-0.25, -0.2) is 0 Å². The van der Waals surface area contributed by atoms with Gasteiger partial charge in [-0.2, -0.15) is 0 Å². The van der Waals surface area contributed by atoms with E-state index in [0.717, 1.165) is 44.9 Å². The van der Waals surface area contributed by atoms with Crippen LogP contribution in [0.5, 0.6) is 0 Å². The van der Waals surface area contributed by atoms with Crippen LogP contribution in [0, 0.1) is 0 Å². The minimum absolute atomic E-state index is 0.318. The van der Waals surface area contributed by atoms with Crippen LogP contribution in [-0.4, -0.2) is 60.7 Å². The first-order chi connectivity index (χ1) is 29.0. The van der Waals surface area contributed by atoms with Gasteiger partial charge in [-0.05, 0) is 25.7 Å². The van der Waals surface area contributed by atoms with Gasteiger partial charge in [0.2, 0.25) is 0 Å². The zero-order chi connectivity index (χ0) is 44.5. The number of hydrogen-bond acceptors (Lipinski definition) is 9. The quantitative estimate of drug-likeness (QED) is 0.0361. The average Bonchev–Trinajstić information content (AvgIpc) is 3.19. The molecule has 0 aromatic heterocycles. The van der Waals surface area contributed by atoms with Gasteiger partial charge in [-0.3, -0.25) is 24.0 Å². The molecular formula is C50H93NO9. The largest absolute Gasteiger partial charge is 0.464 e. The number of rotatable bonds is 43. The zero-order valence-corrected chi connectivity index (χ0v) is 39.7. The number of hydrogen-bond donors (Lipinski definition) is 1. The fourth-order valence-electron chi connectivity index (χ4n) is 8.03. The van der Waals surface area contributed by atoms with Crippen LogP contribution in [0.1, 0.15) is 260 Å². The molecular weight excluding hydrogens is 759 g/mol. The summed E-state index contributed by atoms with van der Waals surface area (Å²) in [4.78, 5) is 62.3. The van der Waals surface area contributed by atoms with E-state index in [1.807, 2.05) is 0 Å². The van der Waals surface area contributed by atoms with Crippen LogP contribution in [0.4, 0.5) is 0 Å². The van der Waals surface area contributed by atoms with Crippen molar-refractivity contribution in [1.29, 1.82) is 0 Å². The van der Waals surface area contributed by atoms with Crippen molar-refractivity contribution in [2.24, 2.45) is 0 Å². The first kappa shape index (κ1) is 57.3. The van der Waals surface area contributed by atoms with E-state index in [1.54, 1.807) is 0 Å². The Hall–Kier alpha value is -2.65. The summed E-state index contributed by atoms with van der Waals surface area (Å²) in [6.45, 7) is 9.23. The van der Waals surface area contributed by atoms with Crippen LogP contribution in [0.3, 0.4) is 0 Å². The standard InChI is InChI=1S/C50H93NO9/c1-7-9-11-13-15-17-19-21-22-23-24-25-26-27-28-30-32-34-36-38-40-48(59-44(5)54)50(56)51-46(41-57-42(3)52)49(60-45(6)55)47(58-43(4)53)39-37-35-33-31-29-20-18-16-14-12-10-8-2/h46-49H,7-41H2,1-6H3,(H,51,56)/t46-,47+,48+,49-/m0/s1. The molecule has 0 aliphatic heterocycles. The van der Waals surface area contributed by atoms with E-state index >= 15 is 0 Å². The highest BCUT2D eigenvalue weighted by Crippen LogP contribution is 2.21. The summed E-state index contributed by atoms with van der Waals surface area (Å²) in [5.41, 5.74) is 0. The molecule has 0 rings (SSSR count). The van der Waals surface area contributed by atoms with Crippen LogP contribution >= 0.6 is 0 Å². The summed E-state index contributed by atoms with van der Waals surface area (Å²) in [7, 11) is 0. The SMILES string of the molecule is CCCCCCCCCCCCCCCCCCCCCC[C@@H](OC(C)=O)C(=O)N[C@@H](COC(C)=O)[C@H](OC(C)=O)[C@@H](CCCCCCCCCCCCCC)OC(C)=O. The summed E-state index contributed by atoms with van der Waals surface area (Å²) >= 11 is 0. The maximum atomic E-state index is 13.7. The second-order valence-corrected chi connectivity index (χ2v) is 17.4. The van der Waals surface area contributed by atoms with Gasteiger partial charge in [0.1, 0.15) is 18.8 Å². The number of carbonyl (C=O) groups excluding carboxylic acids is 5. The van der Waals surface area contributed by atoms with Crippen LogP contribution in [0.2, 0.25) is 0 Å². The Morgan fingerprint density at radius 3 is 1.02 bits per heavy atom. The molecule has 352 valence electrons. The number of amides is 1. The van der Waals surface area contributed by atoms with Crippen molar-refractivity contribution in [3.63, 3.8) is 0 Å². The zero-order valence-electron chi connectivity index (χ0n) is 39.7. The van der Waals surface area contributed by atoms with Crippen molar-refractivity contribution in [3.8, 4) is 0 Å². The minimum Gasteiger partial charge on any atom is -0.464 e. The number of esters is 4. The van der Waals surface area contributed by atoms with Crippen molar-refractivity contribution < 1.29 is 42.9 Å². The Balaban J connectivity index is 4.90. The van der Waals surface area contributed by atoms with Crippen molar-refractivity contribution in [3.05, 3.63) is 0 Å². The van der Waals surface area contributed by atoms with Crippen molar-refractivity contribution in [1.82, 2.24) is 5.32 Å². The average molecular weight is 852 g/mol. The van der Waals surface area contributed by atoms with Crippen LogP contribution in [0.25, 0.3) is 0 Å². The van der Waals surface area contributed by atoms with Gasteiger partial charge < -0.3 is 24.3 Å². The molecule has 0 fully saturated rings. The maximum absolute atomic E-state index is 13.7. The molecule has 0 aromatic rings. The number of carbonyl (C=O) groups is 5. The Bertz CT molecular complexity index is 1070. The smallest absolute Gasteiger partial charge is 0.303 e. The molecule has 0 aliphatic rings. The Labute approximate surface area is 367 Å². The molecule has 10 heteroatoms. The molecule has 1 N–H and O–H groups in total. The number of ether oxygens (including phenoxy) is 4. The van der Waals surface area contributed by atoms with Crippen LogP contribution in [-0.2, 0) is 42.9 Å². The summed E-state index contributed by atoms with van der Waals surface area (Å²) in [5.74, 6) is -2.92. The lowest BCUT2D eigenvalue weighted by molar-refractivity contribution is -0.172. The molecule has 0 aromatic carbocycles. The van der Waals surface area contributed by atoms with E-state index in [9.17, 15) is 24.0 Å². The first-order valence-corrected chi connectivity index (χ1v) is 25.0. The number of nitrogens with one attached hydrogen (secondary N) is 1. The number of unbranched alkanes of at least 4 members (excludes halogenated alkanes) is 30. The monoisotopic (exact) mass is 852 g/mol. The van der Waals surface area contributed by atoms with Crippen LogP contribution in [0.15, 0.2) is 0 Å². The van der Waals surface area contributed by atoms with Gasteiger partial charge in [0.25, 0.3) is 5.91 Å². The molecule has 0 radical (unpaired) electrons. The minimum atomic E-state index is -1.12. The second-order valence-electron chi connectivity index (χ2n) is 17.4. The summed E-state index contributed by atoms with van der Waals surface area (Å²) in [6, 6.07) is -1.04. The van der Waals surface area contributed by atoms with E-state index in [1.165, 1.54) is 182 Å².